The van der Waals surface area contributed by atoms with Gasteiger partial charge < -0.3 is 25.7 Å². The Morgan fingerprint density at radius 1 is 0.818 bits per heavy atom. The highest BCUT2D eigenvalue weighted by Crippen LogP contribution is 2.25. The summed E-state index contributed by atoms with van der Waals surface area (Å²) in [7, 11) is 0. The molecular weight excluding hydrogens is 412 g/mol. The van der Waals surface area contributed by atoms with Gasteiger partial charge in [0, 0.05) is 36.7 Å². The molecule has 0 amide bonds. The SMILES string of the molecule is C[C@@H]1CN[C@H](c2nc(C#Cc3ccc(C#Cc4c[nH]c([C@@H]5C[C@H](CO)CN5)n4)cc3)c[nH]2)C1. The molecule has 0 radical (unpaired) electrons. The summed E-state index contributed by atoms with van der Waals surface area (Å²) in [4.78, 5) is 15.7. The first-order chi connectivity index (χ1) is 16.2. The van der Waals surface area contributed by atoms with E-state index in [1.807, 2.05) is 36.7 Å². The summed E-state index contributed by atoms with van der Waals surface area (Å²) in [5.74, 6) is 15.4. The van der Waals surface area contributed by atoms with Crippen LogP contribution in [0.5, 0.6) is 0 Å². The van der Waals surface area contributed by atoms with Crippen LogP contribution in [-0.2, 0) is 0 Å². The standard InChI is InChI=1S/C26H28N6O/c1-17-10-23(27-12-17)25-29-14-21(31-25)8-6-18-2-4-19(5-3-18)7-9-22-15-30-26(32-22)24-11-20(16-33)13-28-24/h2-5,14-15,17,20,23-24,27-28,33H,10-13,16H2,1H3,(H,29,31)(H,30,32)/t17-,20-,23-,24-/m0/s1. The van der Waals surface area contributed by atoms with Gasteiger partial charge in [-0.25, -0.2) is 9.97 Å². The van der Waals surface area contributed by atoms with Crippen LogP contribution >= 0.6 is 0 Å². The molecule has 5 N–H and O–H groups in total. The number of nitrogens with zero attached hydrogens (tertiary/aromatic N) is 2. The fourth-order valence-electron chi connectivity index (χ4n) is 4.34. The van der Waals surface area contributed by atoms with Crippen LogP contribution in [0.25, 0.3) is 0 Å². The van der Waals surface area contributed by atoms with Crippen molar-refractivity contribution in [3.8, 4) is 23.7 Å². The summed E-state index contributed by atoms with van der Waals surface area (Å²) in [6.45, 7) is 4.30. The maximum absolute atomic E-state index is 9.30. The van der Waals surface area contributed by atoms with Gasteiger partial charge in [0.15, 0.2) is 0 Å². The number of H-pyrrole nitrogens is 2. The first-order valence-electron chi connectivity index (χ1n) is 11.5. The number of benzene rings is 1. The molecule has 0 saturated carbocycles. The van der Waals surface area contributed by atoms with Crippen LogP contribution < -0.4 is 10.6 Å². The lowest BCUT2D eigenvalue weighted by Gasteiger charge is -2.05. The van der Waals surface area contributed by atoms with Crippen molar-refractivity contribution >= 4 is 0 Å². The third-order valence-electron chi connectivity index (χ3n) is 6.24. The van der Waals surface area contributed by atoms with Crippen LogP contribution in [0.1, 0.15) is 66.0 Å². The fraction of sp³-hybridized carbons (Fsp3) is 0.385. The lowest BCUT2D eigenvalue weighted by molar-refractivity contribution is 0.235. The highest BCUT2D eigenvalue weighted by atomic mass is 16.3. The second kappa shape index (κ2) is 9.64. The van der Waals surface area contributed by atoms with E-state index in [1.165, 1.54) is 0 Å². The molecule has 33 heavy (non-hydrogen) atoms. The highest BCUT2D eigenvalue weighted by Gasteiger charge is 2.26. The van der Waals surface area contributed by atoms with E-state index in [2.05, 4.69) is 61.2 Å². The third kappa shape index (κ3) is 5.18. The van der Waals surface area contributed by atoms with E-state index in [4.69, 9.17) is 0 Å². The quantitative estimate of drug-likeness (QED) is 0.402. The molecule has 7 heteroatoms. The summed E-state index contributed by atoms with van der Waals surface area (Å²) in [5, 5.41) is 16.2. The highest BCUT2D eigenvalue weighted by molar-refractivity contribution is 5.46. The Labute approximate surface area is 193 Å². The van der Waals surface area contributed by atoms with Gasteiger partial charge in [-0.3, -0.25) is 0 Å². The van der Waals surface area contributed by atoms with Crippen molar-refractivity contribution < 1.29 is 5.11 Å². The first kappa shape index (κ1) is 21.5. The van der Waals surface area contributed by atoms with Gasteiger partial charge in [0.1, 0.15) is 23.0 Å². The molecule has 2 aromatic heterocycles. The van der Waals surface area contributed by atoms with E-state index in [1.54, 1.807) is 0 Å². The predicted molar refractivity (Wildman–Crippen MR) is 126 cm³/mol. The van der Waals surface area contributed by atoms with E-state index in [9.17, 15) is 5.11 Å². The maximum Gasteiger partial charge on any atom is 0.131 e. The lowest BCUT2D eigenvalue weighted by Crippen LogP contribution is -2.15. The van der Waals surface area contributed by atoms with Crippen molar-refractivity contribution in [1.29, 1.82) is 0 Å². The minimum absolute atomic E-state index is 0.152. The summed E-state index contributed by atoms with van der Waals surface area (Å²) >= 11 is 0. The molecule has 0 bridgehead atoms. The zero-order valence-electron chi connectivity index (χ0n) is 18.7. The third-order valence-corrected chi connectivity index (χ3v) is 6.24. The average molecular weight is 441 g/mol. The Hall–Kier alpha value is -3.36. The van der Waals surface area contributed by atoms with Gasteiger partial charge in [-0.15, -0.1) is 0 Å². The van der Waals surface area contributed by atoms with E-state index >= 15 is 0 Å². The van der Waals surface area contributed by atoms with Crippen LogP contribution in [0.3, 0.4) is 0 Å². The van der Waals surface area contributed by atoms with Crippen LogP contribution in [0, 0.1) is 35.5 Å². The molecule has 0 spiro atoms. The van der Waals surface area contributed by atoms with Crippen LogP contribution in [0.15, 0.2) is 36.7 Å². The molecule has 4 atom stereocenters. The van der Waals surface area contributed by atoms with Crippen molar-refractivity contribution in [2.75, 3.05) is 19.7 Å². The number of aliphatic hydroxyl groups is 1. The molecule has 7 nitrogen and oxygen atoms in total. The van der Waals surface area contributed by atoms with Gasteiger partial charge >= 0.3 is 0 Å². The van der Waals surface area contributed by atoms with Crippen LogP contribution in [-0.4, -0.2) is 44.7 Å². The Morgan fingerprint density at radius 3 is 1.85 bits per heavy atom. The summed E-state index contributed by atoms with van der Waals surface area (Å²) in [5.41, 5.74) is 3.30. The van der Waals surface area contributed by atoms with Crippen LogP contribution in [0.2, 0.25) is 0 Å². The first-order valence-corrected chi connectivity index (χ1v) is 11.5. The van der Waals surface area contributed by atoms with Gasteiger partial charge in [0.25, 0.3) is 0 Å². The minimum atomic E-state index is 0.152. The van der Waals surface area contributed by atoms with Gasteiger partial charge in [0.05, 0.1) is 12.1 Å². The molecule has 168 valence electrons. The number of nitrogens with one attached hydrogen (secondary N) is 4. The molecule has 5 rings (SSSR count). The van der Waals surface area contributed by atoms with Crippen LogP contribution in [0.4, 0.5) is 0 Å². The number of hydrogen-bond acceptors (Lipinski definition) is 5. The van der Waals surface area contributed by atoms with Gasteiger partial charge in [0.2, 0.25) is 0 Å². The summed E-state index contributed by atoms with van der Waals surface area (Å²) in [6.07, 6.45) is 5.69. The average Bonchev–Trinajstić information content (AvgIpc) is 3.63. The lowest BCUT2D eigenvalue weighted by atomic mass is 10.1. The minimum Gasteiger partial charge on any atom is -0.396 e. The predicted octanol–water partition coefficient (Wildman–Crippen LogP) is 2.25. The molecule has 2 aliphatic heterocycles. The van der Waals surface area contributed by atoms with Crippen molar-refractivity contribution in [2.24, 2.45) is 11.8 Å². The van der Waals surface area contributed by atoms with Crippen molar-refractivity contribution in [1.82, 2.24) is 30.6 Å². The van der Waals surface area contributed by atoms with E-state index in [0.29, 0.717) is 23.6 Å². The summed E-state index contributed by atoms with van der Waals surface area (Å²) in [6, 6.07) is 8.32. The van der Waals surface area contributed by atoms with Crippen molar-refractivity contribution in [3.05, 3.63) is 70.8 Å². The summed E-state index contributed by atoms with van der Waals surface area (Å²) < 4.78 is 0. The molecule has 1 aromatic carbocycles. The van der Waals surface area contributed by atoms with Crippen molar-refractivity contribution in [3.63, 3.8) is 0 Å². The number of aromatic nitrogens is 4. The zero-order chi connectivity index (χ0) is 22.6. The Balaban J connectivity index is 1.20. The second-order valence-corrected chi connectivity index (χ2v) is 8.97. The smallest absolute Gasteiger partial charge is 0.131 e. The largest absolute Gasteiger partial charge is 0.396 e. The Morgan fingerprint density at radius 2 is 1.36 bits per heavy atom. The maximum atomic E-state index is 9.30. The normalized spacial score (nSPS) is 24.2. The number of aliphatic hydroxyl groups excluding tert-OH is 1. The monoisotopic (exact) mass is 440 g/mol. The second-order valence-electron chi connectivity index (χ2n) is 8.97. The van der Waals surface area contributed by atoms with E-state index in [-0.39, 0.29) is 12.6 Å². The molecule has 0 aliphatic carbocycles. The van der Waals surface area contributed by atoms with Crippen molar-refractivity contribution in [2.45, 2.75) is 31.8 Å². The van der Waals surface area contributed by atoms with E-state index in [0.717, 1.165) is 54.4 Å². The molecule has 0 unspecified atom stereocenters. The fourth-order valence-corrected chi connectivity index (χ4v) is 4.34. The number of rotatable bonds is 3. The van der Waals surface area contributed by atoms with Gasteiger partial charge in [-0.05, 0) is 67.3 Å². The Kier molecular flexibility index (Phi) is 6.28. The number of imidazole rings is 2. The zero-order valence-corrected chi connectivity index (χ0v) is 18.7. The Bertz CT molecular complexity index is 1220. The number of aromatic amines is 2. The molecular formula is C26H28N6O. The van der Waals surface area contributed by atoms with Gasteiger partial charge in [-0.1, -0.05) is 18.8 Å². The molecule has 2 fully saturated rings. The van der Waals surface area contributed by atoms with E-state index < -0.39 is 0 Å². The molecule has 3 aromatic rings. The topological polar surface area (TPSA) is 102 Å². The van der Waals surface area contributed by atoms with Gasteiger partial charge in [-0.2, -0.15) is 0 Å². The molecule has 2 aliphatic rings. The number of hydrogen-bond donors (Lipinski definition) is 5. The molecule has 2 saturated heterocycles. The molecule has 4 heterocycles.